The Bertz CT molecular complexity index is 340. The van der Waals surface area contributed by atoms with Crippen molar-refractivity contribution in [3.8, 4) is 0 Å². The zero-order chi connectivity index (χ0) is 17.2. The first-order valence-corrected chi connectivity index (χ1v) is 9.28. The molecule has 1 fully saturated rings. The maximum Gasteiger partial charge on any atom is 0.191 e. The number of piperazine rings is 1. The molecule has 0 aromatic rings. The number of likely N-dealkylation sites (N-methyl/N-ethyl adjacent to an activating group) is 1. The van der Waals surface area contributed by atoms with Crippen molar-refractivity contribution in [3.05, 3.63) is 0 Å². The minimum atomic E-state index is 0. The van der Waals surface area contributed by atoms with E-state index >= 15 is 0 Å². The van der Waals surface area contributed by atoms with Crippen LogP contribution in [0.2, 0.25) is 0 Å². The fraction of sp³-hybridized carbons (Fsp3) is 0.944. The minimum Gasteiger partial charge on any atom is -0.356 e. The first-order chi connectivity index (χ1) is 10.9. The molecule has 0 spiro atoms. The van der Waals surface area contributed by atoms with E-state index in [1.165, 1.54) is 45.6 Å². The Balaban J connectivity index is 0.00000529. The van der Waals surface area contributed by atoms with Crippen molar-refractivity contribution in [2.75, 3.05) is 53.4 Å². The molecule has 1 saturated heterocycles. The van der Waals surface area contributed by atoms with Gasteiger partial charge in [-0.3, -0.25) is 4.99 Å². The molecule has 1 aliphatic rings. The summed E-state index contributed by atoms with van der Waals surface area (Å²) in [4.78, 5) is 9.34. The van der Waals surface area contributed by atoms with Crippen LogP contribution in [0.25, 0.3) is 0 Å². The van der Waals surface area contributed by atoms with Gasteiger partial charge in [0.1, 0.15) is 0 Å². The molecule has 5 nitrogen and oxygen atoms in total. The average Bonchev–Trinajstić information content (AvgIpc) is 2.51. The van der Waals surface area contributed by atoms with Gasteiger partial charge in [-0.05, 0) is 38.6 Å². The molecule has 0 saturated carbocycles. The number of rotatable bonds is 8. The van der Waals surface area contributed by atoms with Gasteiger partial charge < -0.3 is 20.4 Å². The number of aliphatic imine (C=N–C) groups is 1. The lowest BCUT2D eigenvalue weighted by Crippen LogP contribution is -2.48. The van der Waals surface area contributed by atoms with Crippen LogP contribution >= 0.6 is 24.0 Å². The molecule has 1 heterocycles. The molecule has 24 heavy (non-hydrogen) atoms. The number of halogens is 1. The van der Waals surface area contributed by atoms with E-state index in [1.807, 2.05) is 7.05 Å². The van der Waals surface area contributed by atoms with Crippen molar-refractivity contribution in [2.45, 2.75) is 46.6 Å². The number of hydrogen-bond acceptors (Lipinski definition) is 3. The Kier molecular flexibility index (Phi) is 13.1. The smallest absolute Gasteiger partial charge is 0.191 e. The predicted octanol–water partition coefficient (Wildman–Crippen LogP) is 2.48. The highest BCUT2D eigenvalue weighted by atomic mass is 127. The molecule has 144 valence electrons. The second kappa shape index (κ2) is 13.2. The van der Waals surface area contributed by atoms with Gasteiger partial charge >= 0.3 is 0 Å². The monoisotopic (exact) mass is 453 g/mol. The zero-order valence-electron chi connectivity index (χ0n) is 16.6. The Hall–Kier alpha value is -0.0800. The van der Waals surface area contributed by atoms with E-state index in [0.29, 0.717) is 12.0 Å². The lowest BCUT2D eigenvalue weighted by molar-refractivity contribution is 0.139. The summed E-state index contributed by atoms with van der Waals surface area (Å²) < 4.78 is 0. The van der Waals surface area contributed by atoms with Crippen LogP contribution in [-0.4, -0.2) is 75.2 Å². The van der Waals surface area contributed by atoms with E-state index in [-0.39, 0.29) is 24.0 Å². The van der Waals surface area contributed by atoms with Crippen LogP contribution in [-0.2, 0) is 0 Å². The fourth-order valence-corrected chi connectivity index (χ4v) is 2.89. The van der Waals surface area contributed by atoms with Crippen LogP contribution in [0.5, 0.6) is 0 Å². The van der Waals surface area contributed by atoms with E-state index < -0.39 is 0 Å². The largest absolute Gasteiger partial charge is 0.356 e. The van der Waals surface area contributed by atoms with Crippen LogP contribution in [0.1, 0.15) is 40.5 Å². The quantitative estimate of drug-likeness (QED) is 0.337. The Morgan fingerprint density at radius 2 is 1.67 bits per heavy atom. The highest BCUT2D eigenvalue weighted by Gasteiger charge is 2.16. The average molecular weight is 453 g/mol. The van der Waals surface area contributed by atoms with Gasteiger partial charge in [0.15, 0.2) is 5.96 Å². The predicted molar refractivity (Wildman–Crippen MR) is 117 cm³/mol. The van der Waals surface area contributed by atoms with E-state index in [2.05, 4.69) is 60.2 Å². The molecule has 0 amide bonds. The van der Waals surface area contributed by atoms with Crippen LogP contribution in [0.15, 0.2) is 4.99 Å². The molecule has 6 heteroatoms. The molecule has 1 rings (SSSR count). The first kappa shape index (κ1) is 23.9. The van der Waals surface area contributed by atoms with E-state index in [0.717, 1.165) is 18.4 Å². The first-order valence-electron chi connectivity index (χ1n) is 9.28. The second-order valence-corrected chi connectivity index (χ2v) is 7.68. The summed E-state index contributed by atoms with van der Waals surface area (Å²) in [5.74, 6) is 2.33. The molecule has 0 aromatic carbocycles. The van der Waals surface area contributed by atoms with Gasteiger partial charge in [0.05, 0.1) is 0 Å². The van der Waals surface area contributed by atoms with Crippen LogP contribution in [0.4, 0.5) is 0 Å². The Morgan fingerprint density at radius 1 is 1.04 bits per heavy atom. The van der Waals surface area contributed by atoms with Gasteiger partial charge in [0.2, 0.25) is 0 Å². The number of nitrogens with zero attached hydrogens (tertiary/aromatic N) is 3. The zero-order valence-corrected chi connectivity index (χ0v) is 19.0. The summed E-state index contributed by atoms with van der Waals surface area (Å²) in [6, 6.07) is 0.469. The van der Waals surface area contributed by atoms with Gasteiger partial charge in [-0.25, -0.2) is 0 Å². The highest BCUT2D eigenvalue weighted by Crippen LogP contribution is 2.06. The van der Waals surface area contributed by atoms with Gasteiger partial charge in [-0.1, -0.05) is 20.8 Å². The van der Waals surface area contributed by atoms with E-state index in [4.69, 9.17) is 0 Å². The van der Waals surface area contributed by atoms with Gasteiger partial charge in [0, 0.05) is 52.4 Å². The van der Waals surface area contributed by atoms with Crippen LogP contribution in [0, 0.1) is 11.8 Å². The van der Waals surface area contributed by atoms with Crippen molar-refractivity contribution in [2.24, 2.45) is 16.8 Å². The molecule has 0 aliphatic carbocycles. The number of hydrogen-bond donors (Lipinski definition) is 2. The Morgan fingerprint density at radius 3 is 2.21 bits per heavy atom. The maximum absolute atomic E-state index is 4.36. The SMILES string of the molecule is CN=C(NCC(C)CN1CCN(C)CC1)NC(C)CCC(C)C.I. The molecule has 0 bridgehead atoms. The van der Waals surface area contributed by atoms with Gasteiger partial charge in [0.25, 0.3) is 0 Å². The second-order valence-electron chi connectivity index (χ2n) is 7.68. The van der Waals surface area contributed by atoms with E-state index in [1.54, 1.807) is 0 Å². The third-order valence-corrected chi connectivity index (χ3v) is 4.57. The Labute approximate surface area is 167 Å². The number of guanidine groups is 1. The third-order valence-electron chi connectivity index (χ3n) is 4.57. The lowest BCUT2D eigenvalue weighted by atomic mass is 10.0. The lowest BCUT2D eigenvalue weighted by Gasteiger charge is -2.34. The molecule has 0 radical (unpaired) electrons. The molecule has 1 aliphatic heterocycles. The van der Waals surface area contributed by atoms with E-state index in [9.17, 15) is 0 Å². The normalized spacial score (nSPS) is 19.7. The third kappa shape index (κ3) is 10.7. The summed E-state index contributed by atoms with van der Waals surface area (Å²) in [5, 5.41) is 6.99. The molecule has 2 unspecified atom stereocenters. The summed E-state index contributed by atoms with van der Waals surface area (Å²) in [7, 11) is 4.06. The van der Waals surface area contributed by atoms with Gasteiger partial charge in [-0.2, -0.15) is 0 Å². The fourth-order valence-electron chi connectivity index (χ4n) is 2.89. The molecular weight excluding hydrogens is 413 g/mol. The highest BCUT2D eigenvalue weighted by molar-refractivity contribution is 14.0. The van der Waals surface area contributed by atoms with Crippen molar-refractivity contribution in [1.29, 1.82) is 0 Å². The van der Waals surface area contributed by atoms with Crippen molar-refractivity contribution >= 4 is 29.9 Å². The van der Waals surface area contributed by atoms with Crippen molar-refractivity contribution < 1.29 is 0 Å². The minimum absolute atomic E-state index is 0. The summed E-state index contributed by atoms with van der Waals surface area (Å²) >= 11 is 0. The summed E-state index contributed by atoms with van der Waals surface area (Å²) in [6.45, 7) is 16.0. The standard InChI is InChI=1S/C18H39N5.HI/c1-15(2)7-8-17(4)21-18(19-5)20-13-16(3)14-23-11-9-22(6)10-12-23;/h15-17H,7-14H2,1-6H3,(H2,19,20,21);1H. The van der Waals surface area contributed by atoms with Gasteiger partial charge in [-0.15, -0.1) is 24.0 Å². The molecular formula is C18H40IN5. The van der Waals surface area contributed by atoms with Crippen molar-refractivity contribution in [1.82, 2.24) is 20.4 Å². The molecule has 2 atom stereocenters. The van der Waals surface area contributed by atoms with Crippen LogP contribution in [0.3, 0.4) is 0 Å². The maximum atomic E-state index is 4.36. The molecule has 2 N–H and O–H groups in total. The number of nitrogens with one attached hydrogen (secondary N) is 2. The summed E-state index contributed by atoms with van der Waals surface area (Å²) in [6.07, 6.45) is 2.44. The van der Waals surface area contributed by atoms with Crippen LogP contribution < -0.4 is 10.6 Å². The van der Waals surface area contributed by atoms with Crippen molar-refractivity contribution in [3.63, 3.8) is 0 Å². The molecule has 0 aromatic heterocycles. The summed E-state index contributed by atoms with van der Waals surface area (Å²) in [5.41, 5.74) is 0. The topological polar surface area (TPSA) is 42.9 Å².